The molecular weight excluding hydrogens is 298 g/mol. The van der Waals surface area contributed by atoms with Crippen LogP contribution < -0.4 is 0 Å². The van der Waals surface area contributed by atoms with E-state index in [9.17, 15) is 0 Å². The third-order valence-corrected chi connectivity index (χ3v) is 2.55. The zero-order chi connectivity index (χ0) is 9.26. The molecule has 66 valence electrons. The lowest BCUT2D eigenvalue weighted by Crippen LogP contribution is -1.98. The Labute approximate surface area is 92.1 Å². The van der Waals surface area contributed by atoms with Crippen LogP contribution in [0.5, 0.6) is 0 Å². The highest BCUT2D eigenvalue weighted by atomic mass is 79.9. The first-order valence-electron chi connectivity index (χ1n) is 3.59. The number of hydrogen-bond donors (Lipinski definition) is 0. The molecule has 0 aliphatic rings. The highest BCUT2D eigenvalue weighted by Gasteiger charge is 2.03. The molecule has 0 unspecified atom stereocenters. The van der Waals surface area contributed by atoms with Crippen LogP contribution >= 0.6 is 31.9 Å². The highest BCUT2D eigenvalue weighted by molar-refractivity contribution is 9.10. The standard InChI is InChI=1S/C8H5Br2N3/c9-6-2-1-4-11-8(6)13-5-3-7(10)12-13/h1-5H. The summed E-state index contributed by atoms with van der Waals surface area (Å²) in [5.41, 5.74) is 0. The van der Waals surface area contributed by atoms with Gasteiger partial charge in [0.2, 0.25) is 0 Å². The minimum atomic E-state index is 0.785. The van der Waals surface area contributed by atoms with Gasteiger partial charge in [-0.2, -0.15) is 5.10 Å². The lowest BCUT2D eigenvalue weighted by molar-refractivity contribution is 0.833. The van der Waals surface area contributed by atoms with Gasteiger partial charge in [0.25, 0.3) is 0 Å². The molecule has 2 aromatic heterocycles. The first kappa shape index (κ1) is 8.90. The van der Waals surface area contributed by atoms with Gasteiger partial charge in [-0.25, -0.2) is 9.67 Å². The molecule has 0 amide bonds. The maximum absolute atomic E-state index is 4.19. The Bertz CT molecular complexity index is 425. The first-order valence-corrected chi connectivity index (χ1v) is 5.18. The maximum atomic E-state index is 4.19. The minimum absolute atomic E-state index is 0.785. The van der Waals surface area contributed by atoms with Gasteiger partial charge in [-0.05, 0) is 50.1 Å². The Hall–Kier alpha value is -0.680. The molecule has 3 nitrogen and oxygen atoms in total. The molecule has 0 bridgehead atoms. The summed E-state index contributed by atoms with van der Waals surface area (Å²) >= 11 is 6.68. The third-order valence-electron chi connectivity index (χ3n) is 1.51. The molecule has 0 saturated heterocycles. The molecule has 2 heterocycles. The van der Waals surface area contributed by atoms with Crippen molar-refractivity contribution in [1.29, 1.82) is 0 Å². The number of nitrogens with zero attached hydrogens (tertiary/aromatic N) is 3. The first-order chi connectivity index (χ1) is 6.27. The topological polar surface area (TPSA) is 30.7 Å². The maximum Gasteiger partial charge on any atom is 0.167 e. The average molecular weight is 303 g/mol. The number of rotatable bonds is 1. The van der Waals surface area contributed by atoms with Gasteiger partial charge in [0.15, 0.2) is 5.82 Å². The van der Waals surface area contributed by atoms with E-state index < -0.39 is 0 Å². The van der Waals surface area contributed by atoms with Crippen LogP contribution in [0.3, 0.4) is 0 Å². The van der Waals surface area contributed by atoms with Gasteiger partial charge >= 0.3 is 0 Å². The van der Waals surface area contributed by atoms with E-state index in [2.05, 4.69) is 41.9 Å². The molecule has 2 rings (SSSR count). The summed E-state index contributed by atoms with van der Waals surface area (Å²) < 4.78 is 3.42. The zero-order valence-electron chi connectivity index (χ0n) is 6.48. The monoisotopic (exact) mass is 301 g/mol. The Balaban J connectivity index is 2.52. The molecule has 0 aliphatic carbocycles. The molecule has 0 N–H and O–H groups in total. The molecule has 0 fully saturated rings. The van der Waals surface area contributed by atoms with Crippen molar-refractivity contribution in [3.05, 3.63) is 39.7 Å². The van der Waals surface area contributed by atoms with Crippen LogP contribution in [0.1, 0.15) is 0 Å². The molecule has 0 atom stereocenters. The fourth-order valence-electron chi connectivity index (χ4n) is 0.966. The van der Waals surface area contributed by atoms with E-state index in [0.717, 1.165) is 14.9 Å². The zero-order valence-corrected chi connectivity index (χ0v) is 9.66. The number of aromatic nitrogens is 3. The Kier molecular flexibility index (Phi) is 2.46. The normalized spacial score (nSPS) is 10.3. The molecule has 2 aromatic rings. The largest absolute Gasteiger partial charge is 0.236 e. The van der Waals surface area contributed by atoms with E-state index >= 15 is 0 Å². The number of halogens is 2. The Morgan fingerprint density at radius 3 is 2.69 bits per heavy atom. The van der Waals surface area contributed by atoms with Gasteiger partial charge in [-0.1, -0.05) is 0 Å². The molecule has 0 radical (unpaired) electrons. The van der Waals surface area contributed by atoms with Crippen molar-refractivity contribution in [2.24, 2.45) is 0 Å². The predicted molar refractivity (Wildman–Crippen MR) is 56.8 cm³/mol. The van der Waals surface area contributed by atoms with Crippen molar-refractivity contribution in [2.45, 2.75) is 0 Å². The highest BCUT2D eigenvalue weighted by Crippen LogP contribution is 2.18. The summed E-state index contributed by atoms with van der Waals surface area (Å²) in [6.07, 6.45) is 3.58. The van der Waals surface area contributed by atoms with Crippen LogP contribution in [0.2, 0.25) is 0 Å². The summed E-state index contributed by atoms with van der Waals surface area (Å²) in [6, 6.07) is 5.66. The van der Waals surface area contributed by atoms with Crippen LogP contribution in [0.15, 0.2) is 39.7 Å². The van der Waals surface area contributed by atoms with E-state index in [1.807, 2.05) is 24.4 Å². The smallest absolute Gasteiger partial charge is 0.167 e. The fourth-order valence-corrected chi connectivity index (χ4v) is 1.69. The van der Waals surface area contributed by atoms with Crippen LogP contribution in [0.25, 0.3) is 5.82 Å². The molecule has 5 heteroatoms. The number of pyridine rings is 1. The van der Waals surface area contributed by atoms with Gasteiger partial charge in [-0.3, -0.25) is 0 Å². The van der Waals surface area contributed by atoms with Crippen LogP contribution in [0, 0.1) is 0 Å². The second-order valence-electron chi connectivity index (χ2n) is 2.39. The molecule has 0 aliphatic heterocycles. The Morgan fingerprint density at radius 1 is 1.23 bits per heavy atom. The lowest BCUT2D eigenvalue weighted by Gasteiger charge is -2.00. The van der Waals surface area contributed by atoms with E-state index in [1.54, 1.807) is 10.9 Å². The van der Waals surface area contributed by atoms with Crippen molar-refractivity contribution in [1.82, 2.24) is 14.8 Å². The quantitative estimate of drug-likeness (QED) is 0.811. The molecule has 0 spiro atoms. The van der Waals surface area contributed by atoms with Gasteiger partial charge in [-0.15, -0.1) is 0 Å². The van der Waals surface area contributed by atoms with Crippen LogP contribution in [0.4, 0.5) is 0 Å². The SMILES string of the molecule is Brc1ccn(-c2ncccc2Br)n1. The van der Waals surface area contributed by atoms with Crippen LogP contribution in [-0.4, -0.2) is 14.8 Å². The summed E-state index contributed by atoms with van der Waals surface area (Å²) in [5.74, 6) is 0.785. The van der Waals surface area contributed by atoms with Crippen molar-refractivity contribution >= 4 is 31.9 Å². The van der Waals surface area contributed by atoms with Crippen molar-refractivity contribution in [3.63, 3.8) is 0 Å². The van der Waals surface area contributed by atoms with Crippen LogP contribution in [-0.2, 0) is 0 Å². The fraction of sp³-hybridized carbons (Fsp3) is 0. The van der Waals surface area contributed by atoms with Gasteiger partial charge in [0.05, 0.1) is 4.47 Å². The molecular formula is C8H5Br2N3. The van der Waals surface area contributed by atoms with Crippen molar-refractivity contribution in [2.75, 3.05) is 0 Å². The number of hydrogen-bond acceptors (Lipinski definition) is 2. The minimum Gasteiger partial charge on any atom is -0.236 e. The lowest BCUT2D eigenvalue weighted by atomic mass is 10.5. The Morgan fingerprint density at radius 2 is 2.08 bits per heavy atom. The third kappa shape index (κ3) is 1.81. The second kappa shape index (κ2) is 3.59. The summed E-state index contributed by atoms with van der Waals surface area (Å²) in [5, 5.41) is 4.18. The summed E-state index contributed by atoms with van der Waals surface area (Å²) in [7, 11) is 0. The van der Waals surface area contributed by atoms with Crippen molar-refractivity contribution in [3.8, 4) is 5.82 Å². The predicted octanol–water partition coefficient (Wildman–Crippen LogP) is 2.79. The molecule has 13 heavy (non-hydrogen) atoms. The average Bonchev–Trinajstić information content (AvgIpc) is 2.53. The van der Waals surface area contributed by atoms with Gasteiger partial charge < -0.3 is 0 Å². The van der Waals surface area contributed by atoms with Gasteiger partial charge in [0.1, 0.15) is 4.60 Å². The second-order valence-corrected chi connectivity index (χ2v) is 4.06. The summed E-state index contributed by atoms with van der Waals surface area (Å²) in [6.45, 7) is 0. The van der Waals surface area contributed by atoms with Crippen molar-refractivity contribution < 1.29 is 0 Å². The van der Waals surface area contributed by atoms with E-state index in [4.69, 9.17) is 0 Å². The van der Waals surface area contributed by atoms with E-state index in [0.29, 0.717) is 0 Å². The van der Waals surface area contributed by atoms with E-state index in [1.165, 1.54) is 0 Å². The van der Waals surface area contributed by atoms with Gasteiger partial charge in [0, 0.05) is 12.4 Å². The molecule has 0 saturated carbocycles. The molecule has 0 aromatic carbocycles. The summed E-state index contributed by atoms with van der Waals surface area (Å²) in [4.78, 5) is 4.19. The van der Waals surface area contributed by atoms with E-state index in [-0.39, 0.29) is 0 Å².